The lowest BCUT2D eigenvalue weighted by Crippen LogP contribution is -2.41. The maximum Gasteiger partial charge on any atom is 0.162 e. The van der Waals surface area contributed by atoms with E-state index < -0.39 is 17.2 Å². The number of ether oxygens (including phenoxy) is 1. The van der Waals surface area contributed by atoms with Gasteiger partial charge in [-0.05, 0) is 38.4 Å². The van der Waals surface area contributed by atoms with Gasteiger partial charge in [-0.1, -0.05) is 6.92 Å². The zero-order valence-corrected chi connectivity index (χ0v) is 11.2. The van der Waals surface area contributed by atoms with Crippen LogP contribution in [0.4, 0.5) is 8.78 Å². The molecule has 19 heavy (non-hydrogen) atoms. The van der Waals surface area contributed by atoms with Crippen LogP contribution in [-0.2, 0) is 0 Å². The van der Waals surface area contributed by atoms with Gasteiger partial charge in [0.2, 0.25) is 0 Å². The van der Waals surface area contributed by atoms with Crippen molar-refractivity contribution in [2.24, 2.45) is 0 Å². The minimum atomic E-state index is -0.923. The summed E-state index contributed by atoms with van der Waals surface area (Å²) < 4.78 is 31.0. The van der Waals surface area contributed by atoms with Crippen molar-refractivity contribution >= 4 is 0 Å². The van der Waals surface area contributed by atoms with Gasteiger partial charge < -0.3 is 10.1 Å². The van der Waals surface area contributed by atoms with E-state index in [1.807, 2.05) is 6.92 Å². The summed E-state index contributed by atoms with van der Waals surface area (Å²) in [5.41, 5.74) is -0.544. The molecule has 1 aromatic rings. The van der Waals surface area contributed by atoms with Crippen molar-refractivity contribution in [2.45, 2.75) is 31.7 Å². The number of hydrogen-bond donors (Lipinski definition) is 1. The second-order valence-electron chi connectivity index (χ2n) is 4.33. The smallest absolute Gasteiger partial charge is 0.162 e. The third-order valence-corrected chi connectivity index (χ3v) is 3.20. The van der Waals surface area contributed by atoms with E-state index in [0.717, 1.165) is 12.1 Å². The number of hydrogen-bond acceptors (Lipinski definition) is 3. The number of nitrogens with one attached hydrogen (secondary N) is 1. The highest BCUT2D eigenvalue weighted by molar-refractivity contribution is 5.23. The van der Waals surface area contributed by atoms with E-state index >= 15 is 0 Å². The molecule has 1 N–H and O–H groups in total. The fourth-order valence-corrected chi connectivity index (χ4v) is 1.80. The Kier molecular flexibility index (Phi) is 5.71. The Morgan fingerprint density at radius 1 is 1.37 bits per heavy atom. The molecule has 1 unspecified atom stereocenters. The summed E-state index contributed by atoms with van der Waals surface area (Å²) in [6, 6.07) is 5.69. The van der Waals surface area contributed by atoms with Gasteiger partial charge in [-0.15, -0.1) is 0 Å². The van der Waals surface area contributed by atoms with Crippen LogP contribution < -0.4 is 10.1 Å². The Morgan fingerprint density at radius 3 is 2.63 bits per heavy atom. The van der Waals surface area contributed by atoms with Crippen molar-refractivity contribution in [3.8, 4) is 11.8 Å². The molecule has 0 spiro atoms. The molecule has 0 radical (unpaired) electrons. The third-order valence-electron chi connectivity index (χ3n) is 3.20. The first-order chi connectivity index (χ1) is 9.06. The van der Waals surface area contributed by atoms with Crippen LogP contribution in [0.2, 0.25) is 0 Å². The Morgan fingerprint density at radius 2 is 2.11 bits per heavy atom. The van der Waals surface area contributed by atoms with Crippen LogP contribution in [0.15, 0.2) is 18.2 Å². The summed E-state index contributed by atoms with van der Waals surface area (Å²) >= 11 is 0. The Labute approximate surface area is 112 Å². The fraction of sp³-hybridized carbons (Fsp3) is 0.500. The molecule has 0 bridgehead atoms. The maximum atomic E-state index is 12.9. The highest BCUT2D eigenvalue weighted by Gasteiger charge is 2.24. The minimum absolute atomic E-state index is 0.294. The van der Waals surface area contributed by atoms with Crippen molar-refractivity contribution in [3.05, 3.63) is 29.8 Å². The highest BCUT2D eigenvalue weighted by Crippen LogP contribution is 2.18. The molecular weight excluding hydrogens is 250 g/mol. The monoisotopic (exact) mass is 268 g/mol. The second-order valence-corrected chi connectivity index (χ2v) is 4.33. The number of halogens is 2. The lowest BCUT2D eigenvalue weighted by atomic mass is 9.92. The Hall–Kier alpha value is -1.67. The van der Waals surface area contributed by atoms with Gasteiger partial charge in [0.05, 0.1) is 12.7 Å². The SMILES string of the molecule is CCC(C#N)(CCCOc1ccc(F)c(F)c1)NC. The summed E-state index contributed by atoms with van der Waals surface area (Å²) in [5.74, 6) is -1.52. The Bertz CT molecular complexity index is 453. The summed E-state index contributed by atoms with van der Waals surface area (Å²) in [7, 11) is 1.75. The van der Waals surface area contributed by atoms with Gasteiger partial charge in [0.15, 0.2) is 11.6 Å². The molecule has 1 rings (SSSR count). The van der Waals surface area contributed by atoms with Crippen LogP contribution in [-0.4, -0.2) is 19.2 Å². The van der Waals surface area contributed by atoms with Gasteiger partial charge in [-0.3, -0.25) is 0 Å². The molecule has 104 valence electrons. The zero-order valence-electron chi connectivity index (χ0n) is 11.2. The summed E-state index contributed by atoms with van der Waals surface area (Å²) in [4.78, 5) is 0. The lowest BCUT2D eigenvalue weighted by Gasteiger charge is -2.24. The normalized spacial score (nSPS) is 13.6. The van der Waals surface area contributed by atoms with Crippen LogP contribution in [0.25, 0.3) is 0 Å². The van der Waals surface area contributed by atoms with Crippen LogP contribution in [0.5, 0.6) is 5.75 Å². The number of nitrogens with zero attached hydrogens (tertiary/aromatic N) is 1. The molecule has 0 aliphatic carbocycles. The van der Waals surface area contributed by atoms with Crippen molar-refractivity contribution < 1.29 is 13.5 Å². The van der Waals surface area contributed by atoms with Gasteiger partial charge in [0.1, 0.15) is 11.3 Å². The minimum Gasteiger partial charge on any atom is -0.493 e. The standard InChI is InChI=1S/C14H18F2N2O/c1-3-14(10-17,18-2)7-4-8-19-11-5-6-12(15)13(16)9-11/h5-6,9,18H,3-4,7-8H2,1-2H3. The molecule has 5 heteroatoms. The molecule has 0 aromatic heterocycles. The van der Waals surface area contributed by atoms with Gasteiger partial charge in [0.25, 0.3) is 0 Å². The van der Waals surface area contributed by atoms with Gasteiger partial charge in [-0.25, -0.2) is 8.78 Å². The fourth-order valence-electron chi connectivity index (χ4n) is 1.80. The summed E-state index contributed by atoms with van der Waals surface area (Å²) in [6.07, 6.45) is 1.99. The molecule has 0 saturated carbocycles. The molecule has 0 aliphatic heterocycles. The molecule has 0 aliphatic rings. The van der Waals surface area contributed by atoms with E-state index in [1.165, 1.54) is 6.07 Å². The van der Waals surface area contributed by atoms with E-state index in [4.69, 9.17) is 10.00 Å². The van der Waals surface area contributed by atoms with Gasteiger partial charge in [0, 0.05) is 6.07 Å². The highest BCUT2D eigenvalue weighted by atomic mass is 19.2. The van der Waals surface area contributed by atoms with Crippen molar-refractivity contribution in [1.82, 2.24) is 5.32 Å². The average molecular weight is 268 g/mol. The van der Waals surface area contributed by atoms with Gasteiger partial charge in [-0.2, -0.15) is 5.26 Å². The van der Waals surface area contributed by atoms with Crippen molar-refractivity contribution in [1.29, 1.82) is 5.26 Å². The van der Waals surface area contributed by atoms with Gasteiger partial charge >= 0.3 is 0 Å². The van der Waals surface area contributed by atoms with Crippen LogP contribution >= 0.6 is 0 Å². The summed E-state index contributed by atoms with van der Waals surface area (Å²) in [5, 5.41) is 12.1. The first-order valence-corrected chi connectivity index (χ1v) is 6.25. The predicted octanol–water partition coefficient (Wildman–Crippen LogP) is 3.02. The van der Waals surface area contributed by atoms with Crippen LogP contribution in [0.3, 0.4) is 0 Å². The molecule has 0 heterocycles. The Balaban J connectivity index is 2.42. The summed E-state index contributed by atoms with van der Waals surface area (Å²) in [6.45, 7) is 2.30. The molecule has 0 fully saturated rings. The van der Waals surface area contributed by atoms with Crippen molar-refractivity contribution in [2.75, 3.05) is 13.7 Å². The largest absolute Gasteiger partial charge is 0.493 e. The first-order valence-electron chi connectivity index (χ1n) is 6.25. The quantitative estimate of drug-likeness (QED) is 0.773. The maximum absolute atomic E-state index is 12.9. The van der Waals surface area contributed by atoms with Crippen LogP contribution in [0.1, 0.15) is 26.2 Å². The van der Waals surface area contributed by atoms with E-state index in [9.17, 15) is 8.78 Å². The molecule has 1 aromatic carbocycles. The van der Waals surface area contributed by atoms with E-state index in [-0.39, 0.29) is 0 Å². The average Bonchev–Trinajstić information content (AvgIpc) is 2.44. The lowest BCUT2D eigenvalue weighted by molar-refractivity contribution is 0.279. The zero-order chi connectivity index (χ0) is 14.3. The molecule has 0 amide bonds. The predicted molar refractivity (Wildman–Crippen MR) is 68.8 cm³/mol. The third kappa shape index (κ3) is 4.18. The number of benzene rings is 1. The van der Waals surface area contributed by atoms with E-state index in [1.54, 1.807) is 7.05 Å². The first kappa shape index (κ1) is 15.4. The molecule has 3 nitrogen and oxygen atoms in total. The van der Waals surface area contributed by atoms with Crippen LogP contribution in [0, 0.1) is 23.0 Å². The molecule has 1 atom stereocenters. The van der Waals surface area contributed by atoms with E-state index in [0.29, 0.717) is 31.6 Å². The number of rotatable bonds is 7. The van der Waals surface area contributed by atoms with E-state index in [2.05, 4.69) is 11.4 Å². The molecular formula is C14H18F2N2O. The van der Waals surface area contributed by atoms with Crippen molar-refractivity contribution in [3.63, 3.8) is 0 Å². The second kappa shape index (κ2) is 7.05. The topological polar surface area (TPSA) is 45.0 Å². The molecule has 0 saturated heterocycles. The number of nitriles is 1.